The molecule has 114 valence electrons. The van der Waals surface area contributed by atoms with E-state index in [1.807, 2.05) is 6.07 Å². The van der Waals surface area contributed by atoms with E-state index in [9.17, 15) is 0 Å². The molecule has 4 rings (SSSR count). The molecule has 2 heteroatoms. The Morgan fingerprint density at radius 2 is 1.61 bits per heavy atom. The quantitative estimate of drug-likeness (QED) is 0.532. The Morgan fingerprint density at radius 3 is 2.39 bits per heavy atom. The summed E-state index contributed by atoms with van der Waals surface area (Å²) in [4.78, 5) is 0. The molecule has 1 atom stereocenters. The Kier molecular flexibility index (Phi) is 3.31. The van der Waals surface area contributed by atoms with Crippen LogP contribution in [0.15, 0.2) is 66.7 Å². The lowest BCUT2D eigenvalue weighted by Gasteiger charge is -2.26. The topological polar surface area (TPSA) is 9.23 Å². The van der Waals surface area contributed by atoms with Gasteiger partial charge in [-0.15, -0.1) is 0 Å². The fourth-order valence-corrected chi connectivity index (χ4v) is 4.42. The molecule has 1 nitrogen and oxygen atoms in total. The van der Waals surface area contributed by atoms with Crippen LogP contribution in [0, 0.1) is 6.92 Å². The van der Waals surface area contributed by atoms with Gasteiger partial charge in [-0.25, -0.2) is 0 Å². The van der Waals surface area contributed by atoms with Gasteiger partial charge in [0.05, 0.1) is 7.11 Å². The summed E-state index contributed by atoms with van der Waals surface area (Å²) in [5.74, 6) is 0.882. The van der Waals surface area contributed by atoms with E-state index in [2.05, 4.69) is 83.5 Å². The van der Waals surface area contributed by atoms with E-state index >= 15 is 0 Å². The van der Waals surface area contributed by atoms with Crippen LogP contribution in [0.1, 0.15) is 22.3 Å². The molecule has 1 aliphatic rings. The van der Waals surface area contributed by atoms with Crippen molar-refractivity contribution in [3.05, 3.63) is 89.0 Å². The van der Waals surface area contributed by atoms with Gasteiger partial charge in [0.2, 0.25) is 0 Å². The molecule has 0 aromatic heterocycles. The highest BCUT2D eigenvalue weighted by atomic mass is 79.9. The molecule has 0 radical (unpaired) electrons. The van der Waals surface area contributed by atoms with E-state index in [0.29, 0.717) is 0 Å². The van der Waals surface area contributed by atoms with Crippen LogP contribution in [0.4, 0.5) is 0 Å². The third kappa shape index (κ3) is 2.05. The predicted molar refractivity (Wildman–Crippen MR) is 98.4 cm³/mol. The number of benzene rings is 3. The second-order valence-electron chi connectivity index (χ2n) is 5.99. The van der Waals surface area contributed by atoms with E-state index in [4.69, 9.17) is 4.74 Å². The Labute approximate surface area is 145 Å². The van der Waals surface area contributed by atoms with Crippen molar-refractivity contribution in [1.29, 1.82) is 0 Å². The fourth-order valence-electron chi connectivity index (χ4n) is 3.50. The molecule has 0 heterocycles. The molecule has 0 saturated carbocycles. The van der Waals surface area contributed by atoms with Gasteiger partial charge in [-0.1, -0.05) is 76.1 Å². The molecule has 0 amide bonds. The highest BCUT2D eigenvalue weighted by Gasteiger charge is 2.42. The molecule has 1 unspecified atom stereocenters. The molecule has 1 aliphatic carbocycles. The first kappa shape index (κ1) is 14.5. The lowest BCUT2D eigenvalue weighted by molar-refractivity contribution is 0.414. The smallest absolute Gasteiger partial charge is 0.119 e. The van der Waals surface area contributed by atoms with Crippen molar-refractivity contribution in [3.63, 3.8) is 0 Å². The Hall–Kier alpha value is -2.06. The van der Waals surface area contributed by atoms with Crippen molar-refractivity contribution >= 4 is 15.9 Å². The van der Waals surface area contributed by atoms with Crippen molar-refractivity contribution in [1.82, 2.24) is 0 Å². The van der Waals surface area contributed by atoms with Gasteiger partial charge in [-0.2, -0.15) is 0 Å². The van der Waals surface area contributed by atoms with Crippen LogP contribution in [0.3, 0.4) is 0 Å². The normalized spacial score (nSPS) is 18.4. The molecule has 0 aliphatic heterocycles. The summed E-state index contributed by atoms with van der Waals surface area (Å²) in [5, 5.41) is 0. The molecular formula is C21H17BrO. The van der Waals surface area contributed by atoms with Crippen molar-refractivity contribution in [2.45, 2.75) is 11.2 Å². The summed E-state index contributed by atoms with van der Waals surface area (Å²) in [6, 6.07) is 23.6. The predicted octanol–water partition coefficient (Wildman–Crippen LogP) is 5.67. The summed E-state index contributed by atoms with van der Waals surface area (Å²) in [6.45, 7) is 2.13. The van der Waals surface area contributed by atoms with Gasteiger partial charge in [0, 0.05) is 0 Å². The van der Waals surface area contributed by atoms with Crippen LogP contribution in [0.2, 0.25) is 0 Å². The summed E-state index contributed by atoms with van der Waals surface area (Å²) >= 11 is 4.09. The van der Waals surface area contributed by atoms with Crippen molar-refractivity contribution in [3.8, 4) is 16.9 Å². The van der Waals surface area contributed by atoms with Crippen LogP contribution in [-0.2, 0) is 4.32 Å². The lowest BCUT2D eigenvalue weighted by Crippen LogP contribution is -2.18. The maximum absolute atomic E-state index is 5.47. The van der Waals surface area contributed by atoms with E-state index in [1.165, 1.54) is 33.4 Å². The molecule has 23 heavy (non-hydrogen) atoms. The van der Waals surface area contributed by atoms with Gasteiger partial charge in [-0.05, 0) is 46.9 Å². The fraction of sp³-hybridized carbons (Fsp3) is 0.143. The van der Waals surface area contributed by atoms with Gasteiger partial charge in [-0.3, -0.25) is 0 Å². The second-order valence-corrected chi connectivity index (χ2v) is 7.17. The summed E-state index contributed by atoms with van der Waals surface area (Å²) in [6.07, 6.45) is 0. The zero-order valence-electron chi connectivity index (χ0n) is 13.1. The standard InChI is InChI=1S/C21H17BrO/c1-14-6-5-7-15(12-14)21(22)19-9-4-3-8-17(19)18-11-10-16(23-2)13-20(18)21/h3-13H,1-2H3. The number of alkyl halides is 1. The monoisotopic (exact) mass is 364 g/mol. The van der Waals surface area contributed by atoms with Gasteiger partial charge in [0.1, 0.15) is 10.1 Å². The summed E-state index contributed by atoms with van der Waals surface area (Å²) in [5.41, 5.74) is 7.58. The minimum atomic E-state index is -0.334. The number of hydrogen-bond donors (Lipinski definition) is 0. The van der Waals surface area contributed by atoms with Gasteiger partial charge in [0.15, 0.2) is 0 Å². The molecule has 0 spiro atoms. The van der Waals surface area contributed by atoms with Crippen molar-refractivity contribution < 1.29 is 4.74 Å². The van der Waals surface area contributed by atoms with Crippen LogP contribution in [0.5, 0.6) is 5.75 Å². The van der Waals surface area contributed by atoms with Gasteiger partial charge in [0.25, 0.3) is 0 Å². The Morgan fingerprint density at radius 1 is 0.826 bits per heavy atom. The minimum Gasteiger partial charge on any atom is -0.497 e. The zero-order valence-corrected chi connectivity index (χ0v) is 14.7. The number of methoxy groups -OCH3 is 1. The molecule has 3 aromatic rings. The van der Waals surface area contributed by atoms with Crippen LogP contribution < -0.4 is 4.74 Å². The van der Waals surface area contributed by atoms with Crippen LogP contribution in [-0.4, -0.2) is 7.11 Å². The Balaban J connectivity index is 2.07. The first-order chi connectivity index (χ1) is 11.1. The lowest BCUT2D eigenvalue weighted by atomic mass is 9.88. The van der Waals surface area contributed by atoms with E-state index in [1.54, 1.807) is 7.11 Å². The van der Waals surface area contributed by atoms with E-state index in [0.717, 1.165) is 5.75 Å². The first-order valence-corrected chi connectivity index (χ1v) is 8.48. The third-order valence-corrected chi connectivity index (χ3v) is 5.91. The summed E-state index contributed by atoms with van der Waals surface area (Å²) < 4.78 is 5.14. The van der Waals surface area contributed by atoms with E-state index < -0.39 is 0 Å². The third-order valence-electron chi connectivity index (χ3n) is 4.60. The number of hydrogen-bond acceptors (Lipinski definition) is 1. The first-order valence-electron chi connectivity index (χ1n) is 7.69. The number of aryl methyl sites for hydroxylation is 1. The molecular weight excluding hydrogens is 348 g/mol. The highest BCUT2D eigenvalue weighted by molar-refractivity contribution is 9.10. The second kappa shape index (κ2) is 5.24. The number of fused-ring (bicyclic) bond motifs is 3. The van der Waals surface area contributed by atoms with Crippen LogP contribution >= 0.6 is 15.9 Å². The minimum absolute atomic E-state index is 0.334. The van der Waals surface area contributed by atoms with Crippen molar-refractivity contribution in [2.75, 3.05) is 7.11 Å². The van der Waals surface area contributed by atoms with Crippen molar-refractivity contribution in [2.24, 2.45) is 0 Å². The molecule has 0 fully saturated rings. The number of rotatable bonds is 2. The number of ether oxygens (including phenoxy) is 1. The van der Waals surface area contributed by atoms with Gasteiger partial charge >= 0.3 is 0 Å². The molecule has 3 aromatic carbocycles. The Bertz CT molecular complexity index is 900. The SMILES string of the molecule is COc1ccc2c(c1)C(Br)(c1cccc(C)c1)c1ccccc1-2. The van der Waals surface area contributed by atoms with Gasteiger partial charge < -0.3 is 4.74 Å². The average Bonchev–Trinajstić information content (AvgIpc) is 2.85. The molecule has 0 saturated heterocycles. The summed E-state index contributed by atoms with van der Waals surface area (Å²) in [7, 11) is 1.71. The zero-order chi connectivity index (χ0) is 16.0. The highest BCUT2D eigenvalue weighted by Crippen LogP contribution is 2.56. The van der Waals surface area contributed by atoms with Crippen LogP contribution in [0.25, 0.3) is 11.1 Å². The maximum Gasteiger partial charge on any atom is 0.119 e. The number of halogens is 1. The molecule has 0 bridgehead atoms. The largest absolute Gasteiger partial charge is 0.497 e. The molecule has 0 N–H and O–H groups in total. The maximum atomic E-state index is 5.47. The van der Waals surface area contributed by atoms with E-state index in [-0.39, 0.29) is 4.32 Å². The average molecular weight is 365 g/mol.